The van der Waals surface area contributed by atoms with Gasteiger partial charge in [0.15, 0.2) is 0 Å². The van der Waals surface area contributed by atoms with E-state index in [9.17, 15) is 0 Å². The summed E-state index contributed by atoms with van der Waals surface area (Å²) in [6, 6.07) is 0. The van der Waals surface area contributed by atoms with Crippen molar-refractivity contribution in [3.05, 3.63) is 0 Å². The lowest BCUT2D eigenvalue weighted by Gasteiger charge is -2.36. The Morgan fingerprint density at radius 3 is 1.45 bits per heavy atom. The van der Waals surface area contributed by atoms with E-state index >= 15 is 0 Å². The zero-order chi connectivity index (χ0) is 8.91. The van der Waals surface area contributed by atoms with Gasteiger partial charge in [-0.15, -0.1) is 0 Å². The molecule has 0 aliphatic rings. The maximum Gasteiger partial charge on any atom is 0.0918 e. The van der Waals surface area contributed by atoms with Crippen molar-refractivity contribution in [1.82, 2.24) is 0 Å². The maximum atomic E-state index is 2.33. The van der Waals surface area contributed by atoms with Crippen molar-refractivity contribution in [2.75, 3.05) is 19.6 Å². The number of hydrogen-bond donors (Lipinski definition) is 0. The van der Waals surface area contributed by atoms with Crippen molar-refractivity contribution < 1.29 is 4.25 Å². The van der Waals surface area contributed by atoms with Crippen molar-refractivity contribution >= 4 is 8.73 Å². The first-order valence-corrected chi connectivity index (χ1v) is 5.76. The van der Waals surface area contributed by atoms with E-state index in [1.807, 2.05) is 0 Å². The Hall–Kier alpha value is 0.390. The van der Waals surface area contributed by atoms with Crippen LogP contribution in [0.25, 0.3) is 0 Å². The van der Waals surface area contributed by atoms with Gasteiger partial charge in [-0.2, -0.15) is 0 Å². The average Bonchev–Trinajstić information content (AvgIpc) is 2.00. The SMILES string of the molecule is CC[N+](CC)(CC)PC(C)C. The number of quaternary nitrogens is 1. The molecule has 1 unspecified atom stereocenters. The van der Waals surface area contributed by atoms with E-state index in [1.54, 1.807) is 0 Å². The van der Waals surface area contributed by atoms with Gasteiger partial charge in [-0.3, -0.25) is 0 Å². The van der Waals surface area contributed by atoms with Crippen LogP contribution in [0, 0.1) is 0 Å². The van der Waals surface area contributed by atoms with Crippen molar-refractivity contribution in [3.8, 4) is 0 Å². The highest BCUT2D eigenvalue weighted by Crippen LogP contribution is 2.32. The number of hydrogen-bond acceptors (Lipinski definition) is 0. The molecule has 0 spiro atoms. The van der Waals surface area contributed by atoms with Crippen molar-refractivity contribution in [1.29, 1.82) is 0 Å². The molecule has 0 saturated heterocycles. The Labute approximate surface area is 73.6 Å². The third-order valence-corrected chi connectivity index (χ3v) is 4.36. The van der Waals surface area contributed by atoms with Crippen LogP contribution in [0.15, 0.2) is 0 Å². The van der Waals surface area contributed by atoms with Crippen LogP contribution in [0.4, 0.5) is 0 Å². The molecule has 0 N–H and O–H groups in total. The minimum Gasteiger partial charge on any atom is -0.313 e. The fourth-order valence-corrected chi connectivity index (χ4v) is 3.14. The van der Waals surface area contributed by atoms with Crippen molar-refractivity contribution in [3.63, 3.8) is 0 Å². The summed E-state index contributed by atoms with van der Waals surface area (Å²) in [5.41, 5.74) is 0.856. The lowest BCUT2D eigenvalue weighted by Crippen LogP contribution is -2.40. The molecule has 0 saturated carbocycles. The number of rotatable bonds is 5. The highest BCUT2D eigenvalue weighted by atomic mass is 31.1. The van der Waals surface area contributed by atoms with Gasteiger partial charge in [-0.25, -0.2) is 0 Å². The molecule has 0 aromatic carbocycles. The Morgan fingerprint density at radius 2 is 1.36 bits per heavy atom. The Balaban J connectivity index is 4.05. The molecule has 11 heavy (non-hydrogen) atoms. The van der Waals surface area contributed by atoms with E-state index in [-0.39, 0.29) is 0 Å². The van der Waals surface area contributed by atoms with Gasteiger partial charge in [-0.05, 0) is 20.8 Å². The van der Waals surface area contributed by atoms with Gasteiger partial charge >= 0.3 is 0 Å². The Bertz CT molecular complexity index is 89.5. The normalized spacial score (nSPS) is 13.6. The van der Waals surface area contributed by atoms with Crippen LogP contribution in [0.5, 0.6) is 0 Å². The molecule has 0 radical (unpaired) electrons. The summed E-state index contributed by atoms with van der Waals surface area (Å²) >= 11 is 0. The minimum absolute atomic E-state index is 0.856. The fourth-order valence-electron chi connectivity index (χ4n) is 1.49. The molecule has 0 aliphatic heterocycles. The second-order valence-corrected chi connectivity index (χ2v) is 5.74. The van der Waals surface area contributed by atoms with E-state index in [4.69, 9.17) is 0 Å². The van der Waals surface area contributed by atoms with Crippen LogP contribution in [0.1, 0.15) is 34.6 Å². The summed E-state index contributed by atoms with van der Waals surface area (Å²) in [6.45, 7) is 15.5. The molecular weight excluding hydrogens is 153 g/mol. The zero-order valence-electron chi connectivity index (χ0n) is 8.65. The summed E-state index contributed by atoms with van der Waals surface area (Å²) in [5.74, 6) is 0. The molecule has 0 bridgehead atoms. The van der Waals surface area contributed by atoms with Crippen LogP contribution in [0.2, 0.25) is 0 Å². The van der Waals surface area contributed by atoms with Crippen LogP contribution < -0.4 is 0 Å². The maximum absolute atomic E-state index is 2.33. The third kappa shape index (κ3) is 3.53. The molecule has 68 valence electrons. The van der Waals surface area contributed by atoms with E-state index in [2.05, 4.69) is 34.6 Å². The Kier molecular flexibility index (Phi) is 5.29. The first kappa shape index (κ1) is 11.4. The second kappa shape index (κ2) is 5.11. The van der Waals surface area contributed by atoms with Crippen LogP contribution in [-0.4, -0.2) is 29.5 Å². The van der Waals surface area contributed by atoms with Crippen LogP contribution in [-0.2, 0) is 0 Å². The van der Waals surface area contributed by atoms with E-state index in [1.165, 1.54) is 23.9 Å². The fraction of sp³-hybridized carbons (Fsp3) is 1.00. The first-order chi connectivity index (χ1) is 5.10. The molecule has 0 aliphatic carbocycles. The van der Waals surface area contributed by atoms with Gasteiger partial charge in [0, 0.05) is 5.66 Å². The monoisotopic (exact) mass is 176 g/mol. The Morgan fingerprint density at radius 1 is 1.00 bits per heavy atom. The second-order valence-electron chi connectivity index (χ2n) is 3.38. The molecule has 0 rings (SSSR count). The zero-order valence-corrected chi connectivity index (χ0v) is 9.65. The minimum atomic E-state index is 0.856. The van der Waals surface area contributed by atoms with Crippen molar-refractivity contribution in [2.24, 2.45) is 0 Å². The lowest BCUT2D eigenvalue weighted by molar-refractivity contribution is -0.798. The van der Waals surface area contributed by atoms with E-state index < -0.39 is 0 Å². The molecule has 0 heterocycles. The summed E-state index contributed by atoms with van der Waals surface area (Å²) in [7, 11) is 1.09. The molecule has 1 nitrogen and oxygen atoms in total. The predicted octanol–water partition coefficient (Wildman–Crippen LogP) is 2.86. The summed E-state index contributed by atoms with van der Waals surface area (Å²) in [6.07, 6.45) is 0. The molecule has 2 heteroatoms. The standard InChI is InChI=1S/C9H23NP/c1-6-10(7-2,8-3)11-9(4)5/h9,11H,6-8H2,1-5H3/q+1. The van der Waals surface area contributed by atoms with Gasteiger partial charge in [-0.1, -0.05) is 13.8 Å². The largest absolute Gasteiger partial charge is 0.313 e. The van der Waals surface area contributed by atoms with Gasteiger partial charge < -0.3 is 4.25 Å². The molecule has 0 amide bonds. The van der Waals surface area contributed by atoms with Gasteiger partial charge in [0.05, 0.1) is 28.4 Å². The third-order valence-electron chi connectivity index (χ3n) is 2.35. The molecule has 0 aromatic rings. The predicted molar refractivity (Wildman–Crippen MR) is 55.3 cm³/mol. The summed E-state index contributed by atoms with van der Waals surface area (Å²) in [5, 5.41) is 0. The molecule has 0 aromatic heterocycles. The van der Waals surface area contributed by atoms with Gasteiger partial charge in [0.1, 0.15) is 0 Å². The van der Waals surface area contributed by atoms with Gasteiger partial charge in [0.25, 0.3) is 0 Å². The molecule has 1 atom stereocenters. The van der Waals surface area contributed by atoms with E-state index in [0.29, 0.717) is 0 Å². The summed E-state index contributed by atoms with van der Waals surface area (Å²) in [4.78, 5) is 0. The quantitative estimate of drug-likeness (QED) is 0.565. The van der Waals surface area contributed by atoms with Gasteiger partial charge in [0.2, 0.25) is 0 Å². The highest BCUT2D eigenvalue weighted by Gasteiger charge is 2.22. The van der Waals surface area contributed by atoms with Crippen molar-refractivity contribution in [2.45, 2.75) is 40.3 Å². The summed E-state index contributed by atoms with van der Waals surface area (Å²) < 4.78 is 1.32. The van der Waals surface area contributed by atoms with Crippen LogP contribution in [0.3, 0.4) is 0 Å². The van der Waals surface area contributed by atoms with Crippen LogP contribution >= 0.6 is 8.73 Å². The number of nitrogens with zero attached hydrogens (tertiary/aromatic N) is 1. The molecule has 0 fully saturated rings. The first-order valence-electron chi connectivity index (χ1n) is 4.74. The lowest BCUT2D eigenvalue weighted by atomic mass is 10.5. The highest BCUT2D eigenvalue weighted by molar-refractivity contribution is 7.32. The van der Waals surface area contributed by atoms with E-state index in [0.717, 1.165) is 14.4 Å². The smallest absolute Gasteiger partial charge is 0.0918 e. The topological polar surface area (TPSA) is 0 Å². The average molecular weight is 176 g/mol. The molecular formula is C9H23NP+.